The molecule has 0 aliphatic carbocycles. The lowest BCUT2D eigenvalue weighted by molar-refractivity contribution is 0.519. The molecular formula is C13H13NOS. The molecule has 1 aliphatic rings. The van der Waals surface area contributed by atoms with Crippen molar-refractivity contribution in [1.29, 1.82) is 0 Å². The van der Waals surface area contributed by atoms with Crippen molar-refractivity contribution in [3.05, 3.63) is 34.9 Å². The Labute approximate surface area is 98.9 Å². The highest BCUT2D eigenvalue weighted by atomic mass is 32.2. The first-order valence-corrected chi connectivity index (χ1v) is 6.10. The number of hydrogen-bond acceptors (Lipinski definition) is 3. The largest absolute Gasteiger partial charge is 0.447 e. The van der Waals surface area contributed by atoms with Crippen LogP contribution in [0.5, 0.6) is 0 Å². The topological polar surface area (TPSA) is 16.4 Å². The van der Waals surface area contributed by atoms with Gasteiger partial charge in [0.15, 0.2) is 5.09 Å². The van der Waals surface area contributed by atoms with Crippen LogP contribution in [0.15, 0.2) is 44.4 Å². The van der Waals surface area contributed by atoms with Gasteiger partial charge in [0.25, 0.3) is 0 Å². The molecule has 0 saturated heterocycles. The average Bonchev–Trinajstić information content (AvgIpc) is 2.75. The standard InChI is InChI=1S/C13H13NOS/c1-8(2)12-14(3)11-9-6-4-5-7-10(9)15-13(11)16-12/h4-7H,1-3H3. The Morgan fingerprint density at radius 1 is 1.25 bits per heavy atom. The van der Waals surface area contributed by atoms with Crippen molar-refractivity contribution in [3.63, 3.8) is 0 Å². The van der Waals surface area contributed by atoms with Gasteiger partial charge in [0.1, 0.15) is 11.3 Å². The van der Waals surface area contributed by atoms with Crippen molar-refractivity contribution in [2.75, 3.05) is 11.9 Å². The number of anilines is 1. The second-order valence-electron chi connectivity index (χ2n) is 4.20. The maximum atomic E-state index is 5.85. The van der Waals surface area contributed by atoms with Gasteiger partial charge in [-0.1, -0.05) is 12.1 Å². The second kappa shape index (κ2) is 3.32. The number of allylic oxidation sites excluding steroid dienone is 1. The lowest BCUT2D eigenvalue weighted by atomic mass is 10.2. The van der Waals surface area contributed by atoms with Crippen LogP contribution in [0.3, 0.4) is 0 Å². The van der Waals surface area contributed by atoms with E-state index >= 15 is 0 Å². The lowest BCUT2D eigenvalue weighted by Gasteiger charge is -2.14. The van der Waals surface area contributed by atoms with Crippen LogP contribution in [0.25, 0.3) is 11.0 Å². The second-order valence-corrected chi connectivity index (χ2v) is 5.16. The third-order valence-electron chi connectivity index (χ3n) is 2.80. The zero-order chi connectivity index (χ0) is 11.3. The van der Waals surface area contributed by atoms with Gasteiger partial charge in [-0.3, -0.25) is 0 Å². The van der Waals surface area contributed by atoms with Gasteiger partial charge in [-0.2, -0.15) is 0 Å². The van der Waals surface area contributed by atoms with E-state index in [-0.39, 0.29) is 0 Å². The number of benzene rings is 1. The summed E-state index contributed by atoms with van der Waals surface area (Å²) in [5.74, 6) is 0. The molecular weight excluding hydrogens is 218 g/mol. The summed E-state index contributed by atoms with van der Waals surface area (Å²) in [4.78, 5) is 2.22. The van der Waals surface area contributed by atoms with E-state index in [1.807, 2.05) is 12.1 Å². The molecule has 1 aromatic heterocycles. The fourth-order valence-corrected chi connectivity index (χ4v) is 3.17. The molecule has 0 atom stereocenters. The lowest BCUT2D eigenvalue weighted by Crippen LogP contribution is -2.10. The molecule has 0 fully saturated rings. The van der Waals surface area contributed by atoms with Crippen LogP contribution in [0, 0.1) is 0 Å². The number of hydrogen-bond donors (Lipinski definition) is 0. The van der Waals surface area contributed by atoms with E-state index < -0.39 is 0 Å². The first-order chi connectivity index (χ1) is 7.68. The Hall–Kier alpha value is -1.35. The number of thioether (sulfide) groups is 1. The minimum Gasteiger partial charge on any atom is -0.447 e. The minimum atomic E-state index is 0.972. The maximum Gasteiger partial charge on any atom is 0.191 e. The van der Waals surface area contributed by atoms with Crippen molar-refractivity contribution in [3.8, 4) is 0 Å². The predicted octanol–water partition coefficient (Wildman–Crippen LogP) is 4.23. The molecule has 2 nitrogen and oxygen atoms in total. The van der Waals surface area contributed by atoms with Crippen molar-refractivity contribution in [2.24, 2.45) is 0 Å². The zero-order valence-electron chi connectivity index (χ0n) is 9.57. The van der Waals surface area contributed by atoms with Gasteiger partial charge in [0.2, 0.25) is 0 Å². The molecule has 16 heavy (non-hydrogen) atoms. The summed E-state index contributed by atoms with van der Waals surface area (Å²) < 4.78 is 5.85. The SMILES string of the molecule is CC(C)=C1Sc2oc3ccccc3c2N1C. The van der Waals surface area contributed by atoms with Gasteiger partial charge >= 0.3 is 0 Å². The molecule has 2 heterocycles. The van der Waals surface area contributed by atoms with Crippen molar-refractivity contribution >= 4 is 28.4 Å². The van der Waals surface area contributed by atoms with Crippen LogP contribution in [0.2, 0.25) is 0 Å². The van der Waals surface area contributed by atoms with Crippen LogP contribution in [-0.2, 0) is 0 Å². The smallest absolute Gasteiger partial charge is 0.191 e. The van der Waals surface area contributed by atoms with Gasteiger partial charge in [0.05, 0.1) is 5.03 Å². The van der Waals surface area contributed by atoms with Crippen LogP contribution in [-0.4, -0.2) is 7.05 Å². The summed E-state index contributed by atoms with van der Waals surface area (Å²) in [7, 11) is 2.10. The molecule has 1 aromatic carbocycles. The first kappa shape index (κ1) is 9.85. The Morgan fingerprint density at radius 3 is 2.75 bits per heavy atom. The Bertz CT molecular complexity index is 593. The molecule has 0 bridgehead atoms. The van der Waals surface area contributed by atoms with Gasteiger partial charge in [-0.05, 0) is 43.3 Å². The van der Waals surface area contributed by atoms with Crippen LogP contribution in [0.1, 0.15) is 13.8 Å². The molecule has 82 valence electrons. The van der Waals surface area contributed by atoms with Crippen molar-refractivity contribution < 1.29 is 4.42 Å². The van der Waals surface area contributed by atoms with Gasteiger partial charge in [-0.15, -0.1) is 0 Å². The molecule has 0 amide bonds. The summed E-state index contributed by atoms with van der Waals surface area (Å²) in [5.41, 5.74) is 3.50. The van der Waals surface area contributed by atoms with E-state index in [2.05, 4.69) is 37.9 Å². The number of fused-ring (bicyclic) bond motifs is 3. The Balaban J connectivity index is 2.27. The van der Waals surface area contributed by atoms with Crippen LogP contribution >= 0.6 is 11.8 Å². The van der Waals surface area contributed by atoms with E-state index in [0.29, 0.717) is 0 Å². The fraction of sp³-hybridized carbons (Fsp3) is 0.231. The summed E-state index contributed by atoms with van der Waals surface area (Å²) in [5, 5.41) is 3.49. The third-order valence-corrected chi connectivity index (χ3v) is 4.13. The number of furan rings is 1. The van der Waals surface area contributed by atoms with Crippen molar-refractivity contribution in [1.82, 2.24) is 0 Å². The highest BCUT2D eigenvalue weighted by Crippen LogP contribution is 2.51. The Morgan fingerprint density at radius 2 is 2.00 bits per heavy atom. The molecule has 3 rings (SSSR count). The molecule has 3 heteroatoms. The highest BCUT2D eigenvalue weighted by molar-refractivity contribution is 8.03. The molecule has 0 unspecified atom stereocenters. The van der Waals surface area contributed by atoms with Gasteiger partial charge < -0.3 is 9.32 Å². The zero-order valence-corrected chi connectivity index (χ0v) is 10.4. The molecule has 0 radical (unpaired) electrons. The van der Waals surface area contributed by atoms with Crippen LogP contribution in [0.4, 0.5) is 5.69 Å². The highest BCUT2D eigenvalue weighted by Gasteiger charge is 2.29. The molecule has 0 N–H and O–H groups in total. The Kier molecular flexibility index (Phi) is 2.04. The molecule has 1 aliphatic heterocycles. The fourth-order valence-electron chi connectivity index (χ4n) is 2.09. The normalized spacial score (nSPS) is 14.7. The van der Waals surface area contributed by atoms with E-state index in [1.54, 1.807) is 11.8 Å². The molecule has 2 aromatic rings. The van der Waals surface area contributed by atoms with Crippen molar-refractivity contribution in [2.45, 2.75) is 18.9 Å². The van der Waals surface area contributed by atoms with E-state index in [1.165, 1.54) is 21.7 Å². The monoisotopic (exact) mass is 231 g/mol. The van der Waals surface area contributed by atoms with Gasteiger partial charge in [0, 0.05) is 12.4 Å². The first-order valence-electron chi connectivity index (χ1n) is 5.29. The number of nitrogens with zero attached hydrogens (tertiary/aromatic N) is 1. The maximum absolute atomic E-state index is 5.85. The van der Waals surface area contributed by atoms with Crippen LogP contribution < -0.4 is 4.90 Å². The summed E-state index contributed by atoms with van der Waals surface area (Å²) in [6, 6.07) is 8.19. The quantitative estimate of drug-likeness (QED) is 0.675. The molecule has 0 saturated carbocycles. The third kappa shape index (κ3) is 1.21. The number of rotatable bonds is 0. The van der Waals surface area contributed by atoms with Gasteiger partial charge in [-0.25, -0.2) is 0 Å². The number of para-hydroxylation sites is 1. The average molecular weight is 231 g/mol. The van der Waals surface area contributed by atoms with E-state index in [9.17, 15) is 0 Å². The minimum absolute atomic E-state index is 0.972. The van der Waals surface area contributed by atoms with E-state index in [4.69, 9.17) is 4.42 Å². The summed E-state index contributed by atoms with van der Waals surface area (Å²) in [6.45, 7) is 4.26. The van der Waals surface area contributed by atoms with E-state index in [0.717, 1.165) is 10.7 Å². The predicted molar refractivity (Wildman–Crippen MR) is 68.8 cm³/mol. The molecule has 0 spiro atoms. The summed E-state index contributed by atoms with van der Waals surface area (Å²) in [6.07, 6.45) is 0. The summed E-state index contributed by atoms with van der Waals surface area (Å²) >= 11 is 1.72.